The van der Waals surface area contributed by atoms with Crippen molar-refractivity contribution in [2.75, 3.05) is 5.32 Å². The van der Waals surface area contributed by atoms with Gasteiger partial charge in [-0.2, -0.15) is 4.72 Å². The summed E-state index contributed by atoms with van der Waals surface area (Å²) in [6, 6.07) is 8.47. The van der Waals surface area contributed by atoms with Crippen molar-refractivity contribution in [3.05, 3.63) is 53.8 Å². The van der Waals surface area contributed by atoms with Gasteiger partial charge in [0.25, 0.3) is 0 Å². The van der Waals surface area contributed by atoms with Gasteiger partial charge < -0.3 is 10.4 Å². The second kappa shape index (κ2) is 7.84. The topological polar surface area (TPSA) is 95.5 Å². The van der Waals surface area contributed by atoms with Crippen molar-refractivity contribution in [3.63, 3.8) is 0 Å². The molecular formula is C18H21FN2O4S. The molecular weight excluding hydrogens is 359 g/mol. The lowest BCUT2D eigenvalue weighted by molar-refractivity contribution is -0.118. The number of nitrogens with one attached hydrogen (secondary N) is 2. The van der Waals surface area contributed by atoms with Gasteiger partial charge in [0, 0.05) is 0 Å². The minimum Gasteiger partial charge on any atom is -0.506 e. The van der Waals surface area contributed by atoms with E-state index in [-0.39, 0.29) is 11.4 Å². The number of phenols is 1. The first kappa shape index (κ1) is 19.9. The highest BCUT2D eigenvalue weighted by atomic mass is 32.2. The zero-order chi connectivity index (χ0) is 19.5. The van der Waals surface area contributed by atoms with E-state index in [4.69, 9.17) is 0 Å². The van der Waals surface area contributed by atoms with Crippen LogP contribution in [-0.2, 0) is 14.8 Å². The molecule has 0 fully saturated rings. The van der Waals surface area contributed by atoms with Gasteiger partial charge in [-0.3, -0.25) is 4.79 Å². The number of carbonyl (C=O) groups is 1. The van der Waals surface area contributed by atoms with Gasteiger partial charge in [-0.15, -0.1) is 0 Å². The van der Waals surface area contributed by atoms with Crippen LogP contribution in [-0.4, -0.2) is 25.5 Å². The molecule has 8 heteroatoms. The minimum absolute atomic E-state index is 0.127. The van der Waals surface area contributed by atoms with Crippen molar-refractivity contribution in [1.29, 1.82) is 0 Å². The maximum atomic E-state index is 13.8. The van der Waals surface area contributed by atoms with Crippen LogP contribution in [0.2, 0.25) is 0 Å². The van der Waals surface area contributed by atoms with Gasteiger partial charge in [0.1, 0.15) is 22.5 Å². The molecule has 0 heterocycles. The van der Waals surface area contributed by atoms with E-state index in [1.54, 1.807) is 26.8 Å². The number of rotatable bonds is 6. The fourth-order valence-corrected chi connectivity index (χ4v) is 3.77. The Labute approximate surface area is 152 Å². The van der Waals surface area contributed by atoms with E-state index in [1.807, 2.05) is 0 Å². The summed E-state index contributed by atoms with van der Waals surface area (Å²) >= 11 is 0. The van der Waals surface area contributed by atoms with Crippen molar-refractivity contribution in [3.8, 4) is 5.75 Å². The van der Waals surface area contributed by atoms with Crippen molar-refractivity contribution < 1.29 is 22.7 Å². The summed E-state index contributed by atoms with van der Waals surface area (Å²) in [7, 11) is -4.24. The third kappa shape index (κ3) is 4.59. The van der Waals surface area contributed by atoms with Crippen molar-refractivity contribution in [2.24, 2.45) is 5.92 Å². The van der Waals surface area contributed by atoms with Gasteiger partial charge in [-0.05, 0) is 42.7 Å². The second-order valence-electron chi connectivity index (χ2n) is 6.28. The minimum atomic E-state index is -4.24. The molecule has 0 saturated heterocycles. The molecule has 1 amide bonds. The van der Waals surface area contributed by atoms with Crippen LogP contribution in [0.4, 0.5) is 10.1 Å². The molecule has 0 aliphatic carbocycles. The first-order valence-corrected chi connectivity index (χ1v) is 9.47. The van der Waals surface area contributed by atoms with E-state index in [0.29, 0.717) is 0 Å². The molecule has 0 aliphatic rings. The van der Waals surface area contributed by atoms with Crippen molar-refractivity contribution in [1.82, 2.24) is 4.72 Å². The van der Waals surface area contributed by atoms with Crippen LogP contribution in [0.3, 0.4) is 0 Å². The summed E-state index contributed by atoms with van der Waals surface area (Å²) in [6.45, 7) is 5.09. The highest BCUT2D eigenvalue weighted by Crippen LogP contribution is 2.24. The van der Waals surface area contributed by atoms with Gasteiger partial charge in [-0.1, -0.05) is 32.0 Å². The summed E-state index contributed by atoms with van der Waals surface area (Å²) in [5.41, 5.74) is 0.970. The molecule has 1 atom stereocenters. The van der Waals surface area contributed by atoms with Gasteiger partial charge in [0.05, 0.1) is 5.69 Å². The average Bonchev–Trinajstić information content (AvgIpc) is 2.55. The van der Waals surface area contributed by atoms with Crippen molar-refractivity contribution in [2.45, 2.75) is 31.7 Å². The number of aromatic hydroxyl groups is 1. The highest BCUT2D eigenvalue weighted by Gasteiger charge is 2.30. The molecule has 0 aliphatic heterocycles. The van der Waals surface area contributed by atoms with Crippen LogP contribution in [0.25, 0.3) is 0 Å². The lowest BCUT2D eigenvalue weighted by Gasteiger charge is -2.22. The lowest BCUT2D eigenvalue weighted by atomic mass is 10.0. The third-order valence-corrected chi connectivity index (χ3v) is 5.24. The molecule has 0 radical (unpaired) electrons. The molecule has 2 rings (SSSR count). The number of carbonyl (C=O) groups excluding carboxylic acids is 1. The van der Waals surface area contributed by atoms with Crippen LogP contribution < -0.4 is 10.0 Å². The van der Waals surface area contributed by atoms with E-state index >= 15 is 0 Å². The molecule has 3 N–H and O–H groups in total. The van der Waals surface area contributed by atoms with E-state index in [2.05, 4.69) is 10.0 Å². The van der Waals surface area contributed by atoms with Gasteiger partial charge in [-0.25, -0.2) is 12.8 Å². The van der Waals surface area contributed by atoms with E-state index in [9.17, 15) is 22.7 Å². The molecule has 0 saturated carbocycles. The van der Waals surface area contributed by atoms with Gasteiger partial charge in [0.2, 0.25) is 15.9 Å². The van der Waals surface area contributed by atoms with E-state index in [0.717, 1.165) is 17.7 Å². The average molecular weight is 380 g/mol. The Hall–Kier alpha value is -2.45. The Morgan fingerprint density at radius 2 is 1.81 bits per heavy atom. The Morgan fingerprint density at radius 1 is 1.15 bits per heavy atom. The predicted molar refractivity (Wildman–Crippen MR) is 96.8 cm³/mol. The maximum Gasteiger partial charge on any atom is 0.244 e. The molecule has 0 spiro atoms. The van der Waals surface area contributed by atoms with Gasteiger partial charge in [0.15, 0.2) is 0 Å². The fraction of sp³-hybridized carbons (Fsp3) is 0.278. The van der Waals surface area contributed by atoms with E-state index in [1.165, 1.54) is 24.3 Å². The zero-order valence-corrected chi connectivity index (χ0v) is 15.5. The first-order chi connectivity index (χ1) is 12.1. The number of aryl methyl sites for hydroxylation is 1. The lowest BCUT2D eigenvalue weighted by Crippen LogP contribution is -2.47. The number of anilines is 1. The van der Waals surface area contributed by atoms with E-state index < -0.39 is 38.6 Å². The van der Waals surface area contributed by atoms with Crippen LogP contribution in [0.5, 0.6) is 5.75 Å². The molecule has 0 unspecified atom stereocenters. The number of amides is 1. The number of phenolic OH excluding ortho intramolecular Hbond substituents is 1. The maximum absolute atomic E-state index is 13.8. The SMILES string of the molecule is Cc1ccc(NC(=O)[C@@H](NS(=O)(=O)c2ccccc2F)C(C)C)c(O)c1. The monoisotopic (exact) mass is 380 g/mol. The number of sulfonamides is 1. The molecule has 6 nitrogen and oxygen atoms in total. The summed E-state index contributed by atoms with van der Waals surface area (Å²) in [6.07, 6.45) is 0. The number of hydrogen-bond donors (Lipinski definition) is 3. The Kier molecular flexibility index (Phi) is 5.99. The van der Waals surface area contributed by atoms with Gasteiger partial charge >= 0.3 is 0 Å². The largest absolute Gasteiger partial charge is 0.506 e. The number of hydrogen-bond acceptors (Lipinski definition) is 4. The standard InChI is InChI=1S/C18H21FN2O4S/c1-11(2)17(18(23)20-14-9-8-12(3)10-15(14)22)21-26(24,25)16-7-5-4-6-13(16)19/h4-11,17,21-22H,1-3H3,(H,20,23)/t17-/m0/s1. The normalized spacial score (nSPS) is 12.8. The summed E-state index contributed by atoms with van der Waals surface area (Å²) in [5, 5.41) is 12.4. The van der Waals surface area contributed by atoms with Crippen LogP contribution >= 0.6 is 0 Å². The van der Waals surface area contributed by atoms with Crippen LogP contribution in [0, 0.1) is 18.7 Å². The van der Waals surface area contributed by atoms with Crippen LogP contribution in [0.15, 0.2) is 47.4 Å². The quantitative estimate of drug-likeness (QED) is 0.672. The first-order valence-electron chi connectivity index (χ1n) is 7.99. The molecule has 0 aromatic heterocycles. The second-order valence-corrected chi connectivity index (χ2v) is 7.97. The Bertz CT molecular complexity index is 913. The van der Waals surface area contributed by atoms with Crippen molar-refractivity contribution >= 4 is 21.6 Å². The molecule has 26 heavy (non-hydrogen) atoms. The number of benzene rings is 2. The Balaban J connectivity index is 2.25. The molecule has 0 bridgehead atoms. The summed E-state index contributed by atoms with van der Waals surface area (Å²) in [5.74, 6) is -2.10. The smallest absolute Gasteiger partial charge is 0.244 e. The predicted octanol–water partition coefficient (Wildman–Crippen LogP) is 2.78. The molecule has 2 aromatic carbocycles. The third-order valence-electron chi connectivity index (χ3n) is 3.77. The molecule has 2 aromatic rings. The fourth-order valence-electron chi connectivity index (χ4n) is 2.34. The zero-order valence-electron chi connectivity index (χ0n) is 14.7. The number of halogens is 1. The summed E-state index contributed by atoms with van der Waals surface area (Å²) in [4.78, 5) is 12.0. The van der Waals surface area contributed by atoms with Crippen LogP contribution in [0.1, 0.15) is 19.4 Å². The Morgan fingerprint density at radius 3 is 2.38 bits per heavy atom. The summed E-state index contributed by atoms with van der Waals surface area (Å²) < 4.78 is 41.0. The molecule has 140 valence electrons. The highest BCUT2D eigenvalue weighted by molar-refractivity contribution is 7.89.